The molecule has 4 heteroatoms. The van der Waals surface area contributed by atoms with Gasteiger partial charge in [0.1, 0.15) is 11.5 Å². The lowest BCUT2D eigenvalue weighted by Gasteiger charge is -2.19. The van der Waals surface area contributed by atoms with E-state index in [-0.39, 0.29) is 5.91 Å². The minimum absolute atomic E-state index is 0.234. The second-order valence-corrected chi connectivity index (χ2v) is 6.87. The summed E-state index contributed by atoms with van der Waals surface area (Å²) in [5, 5.41) is 2.91. The number of carbonyl (C=O) groups excluding carboxylic acids is 1. The van der Waals surface area contributed by atoms with Gasteiger partial charge in [-0.05, 0) is 74.7 Å². The van der Waals surface area contributed by atoms with Crippen LogP contribution in [-0.4, -0.2) is 12.0 Å². The summed E-state index contributed by atoms with van der Waals surface area (Å²) < 4.78 is 11.8. The van der Waals surface area contributed by atoms with Crippen LogP contribution in [0.2, 0.25) is 0 Å². The number of anilines is 1. The Kier molecular flexibility index (Phi) is 5.99. The zero-order valence-corrected chi connectivity index (χ0v) is 16.7. The first-order chi connectivity index (χ1) is 13.4. The fourth-order valence-corrected chi connectivity index (χ4v) is 2.88. The van der Waals surface area contributed by atoms with Crippen LogP contribution in [-0.2, 0) is 4.79 Å². The van der Waals surface area contributed by atoms with Gasteiger partial charge in [-0.3, -0.25) is 4.79 Å². The number of aryl methyl sites for hydroxylation is 2. The van der Waals surface area contributed by atoms with Gasteiger partial charge in [0.15, 0.2) is 11.9 Å². The van der Waals surface area contributed by atoms with Crippen molar-refractivity contribution in [2.24, 2.45) is 0 Å². The van der Waals surface area contributed by atoms with Crippen LogP contribution in [0, 0.1) is 20.8 Å². The van der Waals surface area contributed by atoms with Crippen molar-refractivity contribution in [1.82, 2.24) is 0 Å². The zero-order chi connectivity index (χ0) is 20.1. The molecular weight excluding hydrogens is 350 g/mol. The van der Waals surface area contributed by atoms with Crippen molar-refractivity contribution in [2.75, 3.05) is 5.32 Å². The quantitative estimate of drug-likeness (QED) is 0.591. The number of benzene rings is 3. The van der Waals surface area contributed by atoms with E-state index in [0.717, 1.165) is 22.4 Å². The normalized spacial score (nSPS) is 11.6. The largest absolute Gasteiger partial charge is 0.481 e. The summed E-state index contributed by atoms with van der Waals surface area (Å²) in [5.41, 5.74) is 3.89. The lowest BCUT2D eigenvalue weighted by Crippen LogP contribution is -2.30. The van der Waals surface area contributed by atoms with Crippen LogP contribution in [0.3, 0.4) is 0 Å². The van der Waals surface area contributed by atoms with Gasteiger partial charge in [0.2, 0.25) is 0 Å². The monoisotopic (exact) mass is 375 g/mol. The van der Waals surface area contributed by atoms with E-state index in [1.54, 1.807) is 6.92 Å². The van der Waals surface area contributed by atoms with Crippen LogP contribution >= 0.6 is 0 Å². The molecule has 0 saturated heterocycles. The number of hydrogen-bond donors (Lipinski definition) is 1. The fourth-order valence-electron chi connectivity index (χ4n) is 2.88. The van der Waals surface area contributed by atoms with E-state index in [1.165, 1.54) is 0 Å². The Balaban J connectivity index is 1.73. The van der Waals surface area contributed by atoms with Crippen LogP contribution in [0.1, 0.15) is 23.6 Å². The van der Waals surface area contributed by atoms with Crippen molar-refractivity contribution < 1.29 is 14.3 Å². The van der Waals surface area contributed by atoms with Gasteiger partial charge in [-0.25, -0.2) is 0 Å². The summed E-state index contributed by atoms with van der Waals surface area (Å²) in [5.74, 6) is 1.79. The lowest BCUT2D eigenvalue weighted by atomic mass is 10.1. The first kappa shape index (κ1) is 19.5. The molecular formula is C24H25NO3. The van der Waals surface area contributed by atoms with Crippen LogP contribution in [0.25, 0.3) is 0 Å². The minimum Gasteiger partial charge on any atom is -0.481 e. The number of carbonyl (C=O) groups is 1. The molecule has 3 aromatic rings. The molecule has 4 nitrogen and oxygen atoms in total. The Morgan fingerprint density at radius 2 is 1.57 bits per heavy atom. The third-order valence-electron chi connectivity index (χ3n) is 4.55. The van der Waals surface area contributed by atoms with Gasteiger partial charge in [-0.15, -0.1) is 0 Å². The fraction of sp³-hybridized carbons (Fsp3) is 0.208. The van der Waals surface area contributed by atoms with E-state index >= 15 is 0 Å². The van der Waals surface area contributed by atoms with E-state index in [2.05, 4.69) is 11.4 Å². The Hall–Kier alpha value is -3.27. The smallest absolute Gasteiger partial charge is 0.265 e. The molecule has 0 unspecified atom stereocenters. The summed E-state index contributed by atoms with van der Waals surface area (Å²) in [6, 6.07) is 20.9. The molecule has 1 amide bonds. The molecule has 0 radical (unpaired) electrons. The molecule has 0 fully saturated rings. The average Bonchev–Trinajstić information content (AvgIpc) is 2.68. The van der Waals surface area contributed by atoms with Crippen molar-refractivity contribution >= 4 is 11.6 Å². The van der Waals surface area contributed by atoms with Gasteiger partial charge in [-0.2, -0.15) is 0 Å². The SMILES string of the molecule is Cc1cc(C)c(C)c(O[C@@H](C)C(=O)Nc2ccccc2Oc2ccccc2)c1. The lowest BCUT2D eigenvalue weighted by molar-refractivity contribution is -0.122. The van der Waals surface area contributed by atoms with Gasteiger partial charge < -0.3 is 14.8 Å². The molecule has 0 saturated carbocycles. The van der Waals surface area contributed by atoms with E-state index in [1.807, 2.05) is 81.4 Å². The van der Waals surface area contributed by atoms with Crippen LogP contribution < -0.4 is 14.8 Å². The summed E-state index contributed by atoms with van der Waals surface area (Å²) in [6.07, 6.45) is -0.648. The molecule has 0 bridgehead atoms. The zero-order valence-electron chi connectivity index (χ0n) is 16.7. The first-order valence-electron chi connectivity index (χ1n) is 9.31. The van der Waals surface area contributed by atoms with E-state index in [4.69, 9.17) is 9.47 Å². The Morgan fingerprint density at radius 1 is 0.893 bits per heavy atom. The van der Waals surface area contributed by atoms with Crippen molar-refractivity contribution in [2.45, 2.75) is 33.8 Å². The highest BCUT2D eigenvalue weighted by atomic mass is 16.5. The van der Waals surface area contributed by atoms with Gasteiger partial charge in [0.05, 0.1) is 5.69 Å². The topological polar surface area (TPSA) is 47.6 Å². The second kappa shape index (κ2) is 8.61. The molecule has 0 aromatic heterocycles. The molecule has 3 aromatic carbocycles. The number of para-hydroxylation sites is 3. The predicted molar refractivity (Wildman–Crippen MR) is 112 cm³/mol. The molecule has 144 valence electrons. The van der Waals surface area contributed by atoms with E-state index in [0.29, 0.717) is 17.2 Å². The highest BCUT2D eigenvalue weighted by molar-refractivity contribution is 5.95. The van der Waals surface area contributed by atoms with E-state index in [9.17, 15) is 4.79 Å². The number of rotatable bonds is 6. The Bertz CT molecular complexity index is 967. The Labute approximate surface area is 166 Å². The highest BCUT2D eigenvalue weighted by Gasteiger charge is 2.18. The van der Waals surface area contributed by atoms with Gasteiger partial charge >= 0.3 is 0 Å². The maximum Gasteiger partial charge on any atom is 0.265 e. The minimum atomic E-state index is -0.648. The standard InChI is InChI=1S/C24H25NO3/c1-16-14-17(2)18(3)23(15-16)27-19(4)24(26)25-21-12-8-9-13-22(21)28-20-10-6-5-7-11-20/h5-15,19H,1-4H3,(H,25,26)/t19-/m0/s1. The maximum absolute atomic E-state index is 12.7. The predicted octanol–water partition coefficient (Wildman–Crippen LogP) is 5.81. The van der Waals surface area contributed by atoms with Gasteiger partial charge in [-0.1, -0.05) is 36.4 Å². The van der Waals surface area contributed by atoms with Crippen LogP contribution in [0.15, 0.2) is 66.7 Å². The summed E-state index contributed by atoms with van der Waals surface area (Å²) in [4.78, 5) is 12.7. The second-order valence-electron chi connectivity index (χ2n) is 6.87. The Morgan fingerprint density at radius 3 is 2.32 bits per heavy atom. The third-order valence-corrected chi connectivity index (χ3v) is 4.55. The van der Waals surface area contributed by atoms with Crippen molar-refractivity contribution in [1.29, 1.82) is 0 Å². The van der Waals surface area contributed by atoms with Crippen LogP contribution in [0.5, 0.6) is 17.2 Å². The molecule has 28 heavy (non-hydrogen) atoms. The molecule has 0 heterocycles. The molecule has 3 rings (SSSR count). The summed E-state index contributed by atoms with van der Waals surface area (Å²) in [6.45, 7) is 7.79. The average molecular weight is 375 g/mol. The van der Waals surface area contributed by atoms with Gasteiger partial charge in [0, 0.05) is 0 Å². The molecule has 0 aliphatic rings. The van der Waals surface area contributed by atoms with Crippen molar-refractivity contribution in [3.8, 4) is 17.2 Å². The molecule has 1 atom stereocenters. The van der Waals surface area contributed by atoms with E-state index < -0.39 is 6.10 Å². The molecule has 1 N–H and O–H groups in total. The third kappa shape index (κ3) is 4.71. The number of ether oxygens (including phenoxy) is 2. The molecule has 0 aliphatic carbocycles. The van der Waals surface area contributed by atoms with Crippen molar-refractivity contribution in [3.63, 3.8) is 0 Å². The summed E-state index contributed by atoms with van der Waals surface area (Å²) >= 11 is 0. The van der Waals surface area contributed by atoms with Gasteiger partial charge in [0.25, 0.3) is 5.91 Å². The maximum atomic E-state index is 12.7. The van der Waals surface area contributed by atoms with Crippen LogP contribution in [0.4, 0.5) is 5.69 Å². The number of amides is 1. The number of hydrogen-bond acceptors (Lipinski definition) is 3. The molecule has 0 aliphatic heterocycles. The first-order valence-corrected chi connectivity index (χ1v) is 9.31. The van der Waals surface area contributed by atoms with Crippen molar-refractivity contribution in [3.05, 3.63) is 83.4 Å². The number of nitrogens with one attached hydrogen (secondary N) is 1. The highest BCUT2D eigenvalue weighted by Crippen LogP contribution is 2.30. The summed E-state index contributed by atoms with van der Waals surface area (Å²) in [7, 11) is 0. The molecule has 0 spiro atoms.